The summed E-state index contributed by atoms with van der Waals surface area (Å²) in [5.41, 5.74) is 3.90. The van der Waals surface area contributed by atoms with Crippen LogP contribution in [0.1, 0.15) is 29.8 Å². The largest absolute Gasteiger partial charge is 0.326 e. The molecule has 3 rings (SSSR count). The van der Waals surface area contributed by atoms with Crippen LogP contribution in [0.5, 0.6) is 0 Å². The molecule has 0 bridgehead atoms. The molecule has 124 valence electrons. The molecule has 0 aromatic heterocycles. The summed E-state index contributed by atoms with van der Waals surface area (Å²) in [6.45, 7) is 3.85. The minimum atomic E-state index is -0.0322. The van der Waals surface area contributed by atoms with Gasteiger partial charge in [0.05, 0.1) is 5.75 Å². The van der Waals surface area contributed by atoms with Crippen molar-refractivity contribution in [1.29, 1.82) is 0 Å². The van der Waals surface area contributed by atoms with Gasteiger partial charge in [-0.2, -0.15) is 0 Å². The molecule has 1 N–H and O–H groups in total. The highest BCUT2D eigenvalue weighted by Crippen LogP contribution is 2.42. The second-order valence-corrected chi connectivity index (χ2v) is 6.86. The van der Waals surface area contributed by atoms with Crippen LogP contribution in [0.15, 0.2) is 48.5 Å². The quantitative estimate of drug-likeness (QED) is 0.911. The third-order valence-electron chi connectivity index (χ3n) is 3.95. The molecule has 24 heavy (non-hydrogen) atoms. The van der Waals surface area contributed by atoms with Gasteiger partial charge in [-0.15, -0.1) is 11.8 Å². The lowest BCUT2D eigenvalue weighted by atomic mass is 10.1. The van der Waals surface area contributed by atoms with Gasteiger partial charge in [0.2, 0.25) is 11.8 Å². The second-order valence-electron chi connectivity index (χ2n) is 5.79. The summed E-state index contributed by atoms with van der Waals surface area (Å²) >= 11 is 1.63. The van der Waals surface area contributed by atoms with Crippen molar-refractivity contribution in [2.75, 3.05) is 16.0 Å². The number of nitrogens with zero attached hydrogens (tertiary/aromatic N) is 1. The van der Waals surface area contributed by atoms with E-state index in [-0.39, 0.29) is 17.2 Å². The molecular formula is C19H20N2O2S. The smallest absolute Gasteiger partial charge is 0.238 e. The van der Waals surface area contributed by atoms with Crippen molar-refractivity contribution in [2.45, 2.75) is 25.6 Å². The number of aryl methyl sites for hydroxylation is 1. The van der Waals surface area contributed by atoms with E-state index in [2.05, 4.69) is 5.32 Å². The van der Waals surface area contributed by atoms with Crippen LogP contribution in [0.3, 0.4) is 0 Å². The zero-order chi connectivity index (χ0) is 17.1. The Bertz CT molecular complexity index is 758. The molecule has 5 heteroatoms. The summed E-state index contributed by atoms with van der Waals surface area (Å²) < 4.78 is 0. The molecule has 0 saturated carbocycles. The van der Waals surface area contributed by atoms with E-state index in [0.29, 0.717) is 12.2 Å². The van der Waals surface area contributed by atoms with E-state index in [1.165, 1.54) is 0 Å². The molecule has 1 atom stereocenters. The molecular weight excluding hydrogens is 320 g/mol. The van der Waals surface area contributed by atoms with E-state index in [9.17, 15) is 9.59 Å². The van der Waals surface area contributed by atoms with Gasteiger partial charge in [-0.05, 0) is 42.3 Å². The molecule has 1 fully saturated rings. The van der Waals surface area contributed by atoms with E-state index < -0.39 is 0 Å². The summed E-state index contributed by atoms with van der Waals surface area (Å²) in [5, 5.41) is 2.81. The van der Waals surface area contributed by atoms with E-state index in [1.807, 2.05) is 67.3 Å². The van der Waals surface area contributed by atoms with Gasteiger partial charge in [0.25, 0.3) is 0 Å². The topological polar surface area (TPSA) is 49.4 Å². The highest BCUT2D eigenvalue weighted by Gasteiger charge is 2.33. The average Bonchev–Trinajstić information content (AvgIpc) is 2.97. The average molecular weight is 340 g/mol. The summed E-state index contributed by atoms with van der Waals surface area (Å²) in [4.78, 5) is 25.7. The fourth-order valence-corrected chi connectivity index (χ4v) is 3.89. The molecule has 1 saturated heterocycles. The molecule has 2 aromatic carbocycles. The molecule has 0 aliphatic carbocycles. The van der Waals surface area contributed by atoms with E-state index in [0.717, 1.165) is 22.5 Å². The van der Waals surface area contributed by atoms with Crippen LogP contribution in [-0.2, 0) is 9.59 Å². The van der Waals surface area contributed by atoms with E-state index >= 15 is 0 Å². The second kappa shape index (κ2) is 7.09. The predicted octanol–water partition coefficient (Wildman–Crippen LogP) is 4.12. The Morgan fingerprint density at radius 1 is 1.25 bits per heavy atom. The van der Waals surface area contributed by atoms with Crippen molar-refractivity contribution >= 4 is 35.0 Å². The van der Waals surface area contributed by atoms with Gasteiger partial charge in [0.1, 0.15) is 5.37 Å². The number of hydrogen-bond donors (Lipinski definition) is 1. The van der Waals surface area contributed by atoms with Crippen molar-refractivity contribution < 1.29 is 9.59 Å². The Labute approximate surface area is 146 Å². The maximum absolute atomic E-state index is 12.4. The van der Waals surface area contributed by atoms with Crippen molar-refractivity contribution in [1.82, 2.24) is 0 Å². The molecule has 1 aliphatic rings. The number of benzene rings is 2. The number of carbonyl (C=O) groups is 2. The lowest BCUT2D eigenvalue weighted by Gasteiger charge is -2.25. The lowest BCUT2D eigenvalue weighted by Crippen LogP contribution is -2.27. The Hall–Kier alpha value is -2.27. The molecule has 4 nitrogen and oxygen atoms in total. The van der Waals surface area contributed by atoms with Crippen molar-refractivity contribution in [3.8, 4) is 0 Å². The zero-order valence-electron chi connectivity index (χ0n) is 13.8. The van der Waals surface area contributed by atoms with Gasteiger partial charge in [-0.3, -0.25) is 14.5 Å². The molecule has 2 aromatic rings. The number of rotatable bonds is 4. The SMILES string of the molecule is CCC(=O)Nc1ccc([C@H]2SCC(=O)N2c2cccc(C)c2)cc1. The summed E-state index contributed by atoms with van der Waals surface area (Å²) in [6.07, 6.45) is 0.454. The van der Waals surface area contributed by atoms with Gasteiger partial charge in [-0.25, -0.2) is 0 Å². The highest BCUT2D eigenvalue weighted by atomic mass is 32.2. The van der Waals surface area contributed by atoms with Crippen LogP contribution in [0.25, 0.3) is 0 Å². The fraction of sp³-hybridized carbons (Fsp3) is 0.263. The van der Waals surface area contributed by atoms with Gasteiger partial charge >= 0.3 is 0 Å². The summed E-state index contributed by atoms with van der Waals surface area (Å²) in [7, 11) is 0. The van der Waals surface area contributed by atoms with Gasteiger partial charge < -0.3 is 5.32 Å². The normalized spacial score (nSPS) is 17.2. The van der Waals surface area contributed by atoms with Crippen LogP contribution < -0.4 is 10.2 Å². The summed E-state index contributed by atoms with van der Waals surface area (Å²) in [5.74, 6) is 0.598. The van der Waals surface area contributed by atoms with Gasteiger partial charge in [0, 0.05) is 17.8 Å². The monoisotopic (exact) mass is 340 g/mol. The first kappa shape index (κ1) is 16.6. The number of amides is 2. The van der Waals surface area contributed by atoms with Gasteiger partial charge in [-0.1, -0.05) is 31.2 Å². The summed E-state index contributed by atoms with van der Waals surface area (Å²) in [6, 6.07) is 15.7. The number of hydrogen-bond acceptors (Lipinski definition) is 3. The van der Waals surface area contributed by atoms with Crippen LogP contribution in [0.4, 0.5) is 11.4 Å². The number of nitrogens with one attached hydrogen (secondary N) is 1. The maximum atomic E-state index is 12.4. The van der Waals surface area contributed by atoms with Gasteiger partial charge in [0.15, 0.2) is 0 Å². The van der Waals surface area contributed by atoms with Crippen molar-refractivity contribution in [3.05, 3.63) is 59.7 Å². The predicted molar refractivity (Wildman–Crippen MR) is 99.2 cm³/mol. The lowest BCUT2D eigenvalue weighted by molar-refractivity contribution is -0.116. The fourth-order valence-electron chi connectivity index (χ4n) is 2.71. The number of anilines is 2. The standard InChI is InChI=1S/C19H20N2O2S/c1-3-17(22)20-15-9-7-14(8-10-15)19-21(18(23)12-24-19)16-6-4-5-13(2)11-16/h4-11,19H,3,12H2,1-2H3,(H,20,22)/t19-/m1/s1. The molecule has 1 aliphatic heterocycles. The van der Waals surface area contributed by atoms with Crippen molar-refractivity contribution in [3.63, 3.8) is 0 Å². The Balaban J connectivity index is 1.85. The van der Waals surface area contributed by atoms with Crippen LogP contribution in [0, 0.1) is 6.92 Å². The van der Waals surface area contributed by atoms with E-state index in [1.54, 1.807) is 11.8 Å². The third-order valence-corrected chi connectivity index (χ3v) is 5.16. The minimum Gasteiger partial charge on any atom is -0.326 e. The first-order valence-electron chi connectivity index (χ1n) is 7.98. The minimum absolute atomic E-state index is 0.00504. The van der Waals surface area contributed by atoms with Crippen LogP contribution >= 0.6 is 11.8 Å². The highest BCUT2D eigenvalue weighted by molar-refractivity contribution is 8.00. The number of carbonyl (C=O) groups excluding carboxylic acids is 2. The third kappa shape index (κ3) is 3.46. The molecule has 0 unspecified atom stereocenters. The molecule has 0 radical (unpaired) electrons. The van der Waals surface area contributed by atoms with Crippen LogP contribution in [0.2, 0.25) is 0 Å². The number of thioether (sulfide) groups is 1. The van der Waals surface area contributed by atoms with E-state index in [4.69, 9.17) is 0 Å². The molecule has 0 spiro atoms. The Morgan fingerprint density at radius 3 is 2.67 bits per heavy atom. The first-order chi connectivity index (χ1) is 11.6. The zero-order valence-corrected chi connectivity index (χ0v) is 14.6. The Morgan fingerprint density at radius 2 is 2.00 bits per heavy atom. The van der Waals surface area contributed by atoms with Crippen LogP contribution in [-0.4, -0.2) is 17.6 Å². The Kier molecular flexibility index (Phi) is 4.90. The first-order valence-corrected chi connectivity index (χ1v) is 9.03. The molecule has 2 amide bonds. The molecule has 1 heterocycles. The maximum Gasteiger partial charge on any atom is 0.238 e. The van der Waals surface area contributed by atoms with Crippen molar-refractivity contribution in [2.24, 2.45) is 0 Å².